The van der Waals surface area contributed by atoms with Crippen molar-refractivity contribution in [3.05, 3.63) is 29.3 Å². The van der Waals surface area contributed by atoms with Gasteiger partial charge in [-0.3, -0.25) is 0 Å². The first kappa shape index (κ1) is 12.0. The van der Waals surface area contributed by atoms with Crippen LogP contribution < -0.4 is 10.6 Å². The molecule has 2 N–H and O–H groups in total. The molecule has 1 aromatic rings. The minimum atomic E-state index is 0.159. The van der Waals surface area contributed by atoms with E-state index in [1.54, 1.807) is 0 Å². The zero-order valence-electron chi connectivity index (χ0n) is 11.4. The van der Waals surface area contributed by atoms with E-state index in [1.165, 1.54) is 62.0 Å². The van der Waals surface area contributed by atoms with E-state index in [9.17, 15) is 0 Å². The second-order valence-electron chi connectivity index (χ2n) is 5.98. The van der Waals surface area contributed by atoms with Crippen LogP contribution in [0, 0.1) is 5.92 Å². The highest BCUT2D eigenvalue weighted by atomic mass is 15.1. The summed E-state index contributed by atoms with van der Waals surface area (Å²) in [6.07, 6.45) is 6.91. The molecule has 98 valence electrons. The molecule has 0 bridgehead atoms. The first-order chi connectivity index (χ1) is 8.75. The van der Waals surface area contributed by atoms with Gasteiger partial charge in [0, 0.05) is 24.8 Å². The lowest BCUT2D eigenvalue weighted by Crippen LogP contribution is -2.26. The van der Waals surface area contributed by atoms with Crippen molar-refractivity contribution in [3.8, 4) is 0 Å². The van der Waals surface area contributed by atoms with E-state index in [0.717, 1.165) is 5.92 Å². The van der Waals surface area contributed by atoms with E-state index in [2.05, 4.69) is 30.0 Å². The van der Waals surface area contributed by atoms with Crippen molar-refractivity contribution in [1.29, 1.82) is 0 Å². The first-order valence-corrected chi connectivity index (χ1v) is 7.38. The average Bonchev–Trinajstić information content (AvgIpc) is 2.99. The summed E-state index contributed by atoms with van der Waals surface area (Å²) in [5.41, 5.74) is 10.4. The topological polar surface area (TPSA) is 29.3 Å². The lowest BCUT2D eigenvalue weighted by Gasteiger charge is -2.23. The predicted molar refractivity (Wildman–Crippen MR) is 76.9 cm³/mol. The smallest absolute Gasteiger partial charge is 0.0403 e. The fourth-order valence-electron chi connectivity index (χ4n) is 3.65. The maximum Gasteiger partial charge on any atom is 0.0403 e. The van der Waals surface area contributed by atoms with Crippen LogP contribution in [0.15, 0.2) is 18.2 Å². The molecule has 0 amide bonds. The molecule has 1 atom stereocenters. The van der Waals surface area contributed by atoms with E-state index in [0.29, 0.717) is 0 Å². The summed E-state index contributed by atoms with van der Waals surface area (Å²) in [6, 6.07) is 6.81. The van der Waals surface area contributed by atoms with Gasteiger partial charge in [-0.25, -0.2) is 0 Å². The van der Waals surface area contributed by atoms with Crippen LogP contribution in [0.4, 0.5) is 5.69 Å². The van der Waals surface area contributed by atoms with Crippen LogP contribution in [-0.4, -0.2) is 13.1 Å². The molecule has 0 radical (unpaired) electrons. The van der Waals surface area contributed by atoms with E-state index in [4.69, 9.17) is 5.73 Å². The molecule has 1 aliphatic heterocycles. The number of benzene rings is 1. The minimum absolute atomic E-state index is 0.159. The van der Waals surface area contributed by atoms with Crippen molar-refractivity contribution in [1.82, 2.24) is 0 Å². The van der Waals surface area contributed by atoms with Crippen LogP contribution in [0.25, 0.3) is 0 Å². The van der Waals surface area contributed by atoms with Gasteiger partial charge < -0.3 is 10.6 Å². The first-order valence-electron chi connectivity index (χ1n) is 7.38. The number of rotatable bonds is 3. The second kappa shape index (κ2) is 4.93. The van der Waals surface area contributed by atoms with Crippen molar-refractivity contribution in [3.63, 3.8) is 0 Å². The molecule has 2 heteroatoms. The van der Waals surface area contributed by atoms with Gasteiger partial charge in [0.1, 0.15) is 0 Å². The molecule has 2 nitrogen and oxygen atoms in total. The molecule has 1 fully saturated rings. The van der Waals surface area contributed by atoms with Gasteiger partial charge >= 0.3 is 0 Å². The zero-order chi connectivity index (χ0) is 12.5. The summed E-state index contributed by atoms with van der Waals surface area (Å²) < 4.78 is 0. The fourth-order valence-corrected chi connectivity index (χ4v) is 3.65. The Balaban J connectivity index is 1.80. The van der Waals surface area contributed by atoms with Gasteiger partial charge in [-0.2, -0.15) is 0 Å². The molecule has 3 rings (SSSR count). The number of hydrogen-bond donors (Lipinski definition) is 1. The fraction of sp³-hybridized carbons (Fsp3) is 0.625. The van der Waals surface area contributed by atoms with Gasteiger partial charge in [-0.05, 0) is 49.3 Å². The van der Waals surface area contributed by atoms with Crippen LogP contribution in [-0.2, 0) is 6.42 Å². The molecule has 1 saturated carbocycles. The summed E-state index contributed by atoms with van der Waals surface area (Å²) in [7, 11) is 0. The number of anilines is 1. The second-order valence-corrected chi connectivity index (χ2v) is 5.98. The van der Waals surface area contributed by atoms with Crippen molar-refractivity contribution in [2.45, 2.75) is 45.1 Å². The third kappa shape index (κ3) is 2.14. The zero-order valence-corrected chi connectivity index (χ0v) is 11.4. The Morgan fingerprint density at radius 2 is 2.11 bits per heavy atom. The molecule has 1 heterocycles. The molecule has 0 spiro atoms. The molecule has 0 saturated heterocycles. The third-order valence-electron chi connectivity index (χ3n) is 4.60. The van der Waals surface area contributed by atoms with Crippen LogP contribution in [0.1, 0.15) is 49.8 Å². The van der Waals surface area contributed by atoms with Crippen molar-refractivity contribution in [2.75, 3.05) is 18.0 Å². The predicted octanol–water partition coefficient (Wildman–Crippen LogP) is 3.26. The van der Waals surface area contributed by atoms with Gasteiger partial charge in [0.2, 0.25) is 0 Å². The number of hydrogen-bond acceptors (Lipinski definition) is 2. The van der Waals surface area contributed by atoms with Crippen molar-refractivity contribution in [2.24, 2.45) is 11.7 Å². The number of nitrogens with zero attached hydrogens (tertiary/aromatic N) is 1. The lowest BCUT2D eigenvalue weighted by atomic mass is 10.00. The van der Waals surface area contributed by atoms with Crippen molar-refractivity contribution >= 4 is 5.69 Å². The average molecular weight is 244 g/mol. The monoisotopic (exact) mass is 244 g/mol. The Labute approximate surface area is 110 Å². The molecular formula is C16H24N2. The van der Waals surface area contributed by atoms with E-state index < -0.39 is 0 Å². The summed E-state index contributed by atoms with van der Waals surface area (Å²) in [4.78, 5) is 2.59. The molecule has 0 aromatic heterocycles. The van der Waals surface area contributed by atoms with E-state index in [1.807, 2.05) is 0 Å². The summed E-state index contributed by atoms with van der Waals surface area (Å²) >= 11 is 0. The number of fused-ring (bicyclic) bond motifs is 1. The quantitative estimate of drug-likeness (QED) is 0.884. The Morgan fingerprint density at radius 1 is 1.33 bits per heavy atom. The van der Waals surface area contributed by atoms with Crippen LogP contribution in [0.2, 0.25) is 0 Å². The van der Waals surface area contributed by atoms with Crippen LogP contribution in [0.3, 0.4) is 0 Å². The van der Waals surface area contributed by atoms with Gasteiger partial charge in [0.25, 0.3) is 0 Å². The van der Waals surface area contributed by atoms with Crippen LogP contribution >= 0.6 is 0 Å². The number of nitrogens with two attached hydrogens (primary N) is 1. The van der Waals surface area contributed by atoms with Gasteiger partial charge in [-0.1, -0.05) is 25.0 Å². The van der Waals surface area contributed by atoms with Gasteiger partial charge in [0.15, 0.2) is 0 Å². The molecule has 1 aliphatic carbocycles. The Kier molecular flexibility index (Phi) is 3.29. The Hall–Kier alpha value is -1.02. The Morgan fingerprint density at radius 3 is 2.83 bits per heavy atom. The minimum Gasteiger partial charge on any atom is -0.371 e. The Bertz CT molecular complexity index is 419. The summed E-state index contributed by atoms with van der Waals surface area (Å²) in [6.45, 7) is 4.54. The molecule has 1 aromatic carbocycles. The molecule has 2 aliphatic rings. The van der Waals surface area contributed by atoms with Gasteiger partial charge in [-0.15, -0.1) is 0 Å². The molecular weight excluding hydrogens is 220 g/mol. The van der Waals surface area contributed by atoms with Crippen molar-refractivity contribution < 1.29 is 0 Å². The summed E-state index contributed by atoms with van der Waals surface area (Å²) in [5.74, 6) is 0.926. The maximum atomic E-state index is 6.08. The van der Waals surface area contributed by atoms with E-state index in [-0.39, 0.29) is 6.04 Å². The highest BCUT2D eigenvalue weighted by molar-refractivity contribution is 5.61. The lowest BCUT2D eigenvalue weighted by molar-refractivity contribution is 0.538. The highest BCUT2D eigenvalue weighted by Crippen LogP contribution is 2.35. The van der Waals surface area contributed by atoms with Crippen LogP contribution in [0.5, 0.6) is 0 Å². The summed E-state index contributed by atoms with van der Waals surface area (Å²) in [5, 5.41) is 0. The van der Waals surface area contributed by atoms with E-state index >= 15 is 0 Å². The third-order valence-corrected chi connectivity index (χ3v) is 4.60. The molecule has 18 heavy (non-hydrogen) atoms. The SMILES string of the molecule is CC(N)c1cccc2c1CCN2CC1CCCC1. The van der Waals surface area contributed by atoms with Gasteiger partial charge in [0.05, 0.1) is 0 Å². The largest absolute Gasteiger partial charge is 0.371 e. The normalized spacial score (nSPS) is 21.3. The standard InChI is InChI=1S/C16H24N2/c1-12(17)14-7-4-8-16-15(14)9-10-18(16)11-13-5-2-3-6-13/h4,7-8,12-13H,2-3,5-6,9-11,17H2,1H3. The highest BCUT2D eigenvalue weighted by Gasteiger charge is 2.25. The maximum absolute atomic E-state index is 6.08. The molecule has 1 unspecified atom stereocenters.